The Morgan fingerprint density at radius 3 is 2.67 bits per heavy atom. The number of carbonyl (C=O) groups excluding carboxylic acids is 2. The minimum absolute atomic E-state index is 0.0436. The summed E-state index contributed by atoms with van der Waals surface area (Å²) in [5, 5.41) is 2.93. The Hall–Kier alpha value is -3.61. The van der Waals surface area contributed by atoms with E-state index >= 15 is 0 Å². The van der Waals surface area contributed by atoms with Gasteiger partial charge >= 0.3 is 6.03 Å². The molecular formula is C26H29FN4O2. The standard InChI is InChI=1S/C26H29FN4O2/c1-3-13-30(26(33)28-22-11-5-4-8-19(22)2)18-24(32)31-16-15-29-14-7-12-23(29)25(31)20-9-6-10-21(27)17-20/h4-12,14,17,25H,3,13,15-16,18H2,1-2H3,(H,28,33)/t25-/m0/s1. The van der Waals surface area contributed by atoms with Crippen molar-refractivity contribution in [2.45, 2.75) is 32.9 Å². The van der Waals surface area contributed by atoms with E-state index < -0.39 is 6.04 Å². The van der Waals surface area contributed by atoms with Gasteiger partial charge in [0.2, 0.25) is 5.91 Å². The number of nitrogens with one attached hydrogen (secondary N) is 1. The van der Waals surface area contributed by atoms with Gasteiger partial charge in [0.05, 0.1) is 6.04 Å². The van der Waals surface area contributed by atoms with Crippen molar-refractivity contribution in [3.8, 4) is 0 Å². The van der Waals surface area contributed by atoms with Crippen LogP contribution in [0.1, 0.15) is 36.2 Å². The summed E-state index contributed by atoms with van der Waals surface area (Å²) in [6, 6.07) is 17.1. The van der Waals surface area contributed by atoms with Gasteiger partial charge in [0.25, 0.3) is 0 Å². The van der Waals surface area contributed by atoms with E-state index in [1.807, 2.05) is 62.5 Å². The molecule has 0 saturated carbocycles. The van der Waals surface area contributed by atoms with E-state index in [1.165, 1.54) is 12.1 Å². The Labute approximate surface area is 193 Å². The molecule has 0 bridgehead atoms. The van der Waals surface area contributed by atoms with Crippen LogP contribution in [-0.4, -0.2) is 45.9 Å². The highest BCUT2D eigenvalue weighted by Gasteiger charge is 2.33. The van der Waals surface area contributed by atoms with Crippen molar-refractivity contribution < 1.29 is 14.0 Å². The zero-order chi connectivity index (χ0) is 23.4. The molecule has 3 aromatic rings. The molecule has 0 aliphatic carbocycles. The summed E-state index contributed by atoms with van der Waals surface area (Å²) in [5.74, 6) is -0.501. The van der Waals surface area contributed by atoms with Gasteiger partial charge in [-0.05, 0) is 54.8 Å². The van der Waals surface area contributed by atoms with Gasteiger partial charge in [-0.25, -0.2) is 9.18 Å². The third-order valence-corrected chi connectivity index (χ3v) is 6.02. The molecule has 0 fully saturated rings. The zero-order valence-corrected chi connectivity index (χ0v) is 19.0. The number of aromatic nitrogens is 1. The number of hydrogen-bond acceptors (Lipinski definition) is 2. The first-order valence-electron chi connectivity index (χ1n) is 11.3. The van der Waals surface area contributed by atoms with Gasteiger partial charge in [-0.3, -0.25) is 4.79 Å². The monoisotopic (exact) mass is 448 g/mol. The second kappa shape index (κ2) is 9.90. The smallest absolute Gasteiger partial charge is 0.322 e. The van der Waals surface area contributed by atoms with Crippen molar-refractivity contribution in [3.05, 3.63) is 89.5 Å². The van der Waals surface area contributed by atoms with Gasteiger partial charge in [-0.1, -0.05) is 37.3 Å². The first kappa shape index (κ1) is 22.6. The fourth-order valence-electron chi connectivity index (χ4n) is 4.36. The van der Waals surface area contributed by atoms with Gasteiger partial charge in [0.15, 0.2) is 0 Å². The maximum atomic E-state index is 14.0. The minimum atomic E-state index is -0.403. The molecule has 33 heavy (non-hydrogen) atoms. The topological polar surface area (TPSA) is 57.6 Å². The Kier molecular flexibility index (Phi) is 6.77. The average Bonchev–Trinajstić information content (AvgIpc) is 3.28. The summed E-state index contributed by atoms with van der Waals surface area (Å²) in [6.45, 7) is 5.46. The van der Waals surface area contributed by atoms with Crippen LogP contribution in [-0.2, 0) is 11.3 Å². The molecule has 3 amide bonds. The summed E-state index contributed by atoms with van der Waals surface area (Å²) in [4.78, 5) is 29.8. The Morgan fingerprint density at radius 2 is 1.91 bits per heavy atom. The molecule has 1 atom stereocenters. The predicted molar refractivity (Wildman–Crippen MR) is 126 cm³/mol. The molecule has 1 aliphatic rings. The summed E-state index contributed by atoms with van der Waals surface area (Å²) in [5.41, 5.74) is 3.34. The Balaban J connectivity index is 1.57. The molecule has 1 aliphatic heterocycles. The maximum Gasteiger partial charge on any atom is 0.322 e. The van der Waals surface area contributed by atoms with E-state index in [9.17, 15) is 14.0 Å². The fourth-order valence-corrected chi connectivity index (χ4v) is 4.36. The van der Waals surface area contributed by atoms with Crippen molar-refractivity contribution in [2.24, 2.45) is 0 Å². The Morgan fingerprint density at radius 1 is 1.09 bits per heavy atom. The van der Waals surface area contributed by atoms with E-state index in [-0.39, 0.29) is 24.3 Å². The summed E-state index contributed by atoms with van der Waals surface area (Å²) in [7, 11) is 0. The predicted octanol–water partition coefficient (Wildman–Crippen LogP) is 4.81. The number of urea groups is 1. The normalized spacial score (nSPS) is 15.1. The van der Waals surface area contributed by atoms with Crippen LogP contribution < -0.4 is 5.32 Å². The highest BCUT2D eigenvalue weighted by atomic mass is 19.1. The first-order chi connectivity index (χ1) is 16.0. The van der Waals surface area contributed by atoms with Crippen LogP contribution in [0.3, 0.4) is 0 Å². The number of anilines is 1. The third-order valence-electron chi connectivity index (χ3n) is 6.02. The number of amides is 3. The van der Waals surface area contributed by atoms with Crippen LogP contribution in [0.5, 0.6) is 0 Å². The molecule has 0 spiro atoms. The first-order valence-corrected chi connectivity index (χ1v) is 11.3. The average molecular weight is 449 g/mol. The molecule has 0 saturated heterocycles. The lowest BCUT2D eigenvalue weighted by Gasteiger charge is -2.38. The summed E-state index contributed by atoms with van der Waals surface area (Å²) < 4.78 is 16.1. The summed E-state index contributed by atoms with van der Waals surface area (Å²) >= 11 is 0. The molecule has 1 N–H and O–H groups in total. The van der Waals surface area contributed by atoms with Gasteiger partial charge in [0, 0.05) is 37.2 Å². The van der Waals surface area contributed by atoms with Gasteiger partial charge in [-0.2, -0.15) is 0 Å². The largest absolute Gasteiger partial charge is 0.348 e. The quantitative estimate of drug-likeness (QED) is 0.588. The van der Waals surface area contributed by atoms with Gasteiger partial charge < -0.3 is 19.7 Å². The van der Waals surface area contributed by atoms with Crippen molar-refractivity contribution in [2.75, 3.05) is 25.0 Å². The van der Waals surface area contributed by atoms with Gasteiger partial charge in [0.1, 0.15) is 12.4 Å². The van der Waals surface area contributed by atoms with Crippen LogP contribution in [0.4, 0.5) is 14.9 Å². The molecule has 1 aromatic heterocycles. The van der Waals surface area contributed by atoms with E-state index in [2.05, 4.69) is 9.88 Å². The second-order valence-corrected chi connectivity index (χ2v) is 8.34. The number of carbonyl (C=O) groups is 2. The lowest BCUT2D eigenvalue weighted by atomic mass is 9.99. The van der Waals surface area contributed by atoms with E-state index in [1.54, 1.807) is 15.9 Å². The highest BCUT2D eigenvalue weighted by Crippen LogP contribution is 2.33. The SMILES string of the molecule is CCCN(CC(=O)N1CCn2cccc2[C@@H]1c1cccc(F)c1)C(=O)Nc1ccccc1C. The number of benzene rings is 2. The van der Waals surface area contributed by atoms with Gasteiger partial charge in [-0.15, -0.1) is 0 Å². The number of rotatable bonds is 6. The van der Waals surface area contributed by atoms with E-state index in [0.717, 1.165) is 28.9 Å². The molecule has 6 nitrogen and oxygen atoms in total. The lowest BCUT2D eigenvalue weighted by Crippen LogP contribution is -2.49. The van der Waals surface area contributed by atoms with Crippen molar-refractivity contribution in [3.63, 3.8) is 0 Å². The van der Waals surface area contributed by atoms with Crippen molar-refractivity contribution in [1.29, 1.82) is 0 Å². The number of fused-ring (bicyclic) bond motifs is 1. The lowest BCUT2D eigenvalue weighted by molar-refractivity contribution is -0.134. The van der Waals surface area contributed by atoms with Crippen LogP contribution >= 0.6 is 0 Å². The number of hydrogen-bond donors (Lipinski definition) is 1. The van der Waals surface area contributed by atoms with Crippen molar-refractivity contribution in [1.82, 2.24) is 14.4 Å². The van der Waals surface area contributed by atoms with Crippen LogP contribution in [0.2, 0.25) is 0 Å². The molecule has 0 unspecified atom stereocenters. The molecule has 0 radical (unpaired) electrons. The number of aryl methyl sites for hydroxylation is 1. The minimum Gasteiger partial charge on any atom is -0.348 e. The van der Waals surface area contributed by atoms with Crippen molar-refractivity contribution >= 4 is 17.6 Å². The number of nitrogens with zero attached hydrogens (tertiary/aromatic N) is 3. The fraction of sp³-hybridized carbons (Fsp3) is 0.308. The third kappa shape index (κ3) is 4.92. The molecular weight excluding hydrogens is 419 g/mol. The van der Waals surface area contributed by atoms with Crippen LogP contribution in [0.15, 0.2) is 66.9 Å². The maximum absolute atomic E-state index is 14.0. The van der Waals surface area contributed by atoms with E-state index in [0.29, 0.717) is 19.6 Å². The Bertz CT molecular complexity index is 1140. The summed E-state index contributed by atoms with van der Waals surface area (Å²) in [6.07, 6.45) is 2.70. The zero-order valence-electron chi connectivity index (χ0n) is 19.0. The van der Waals surface area contributed by atoms with Crippen LogP contribution in [0, 0.1) is 12.7 Å². The molecule has 4 rings (SSSR count). The van der Waals surface area contributed by atoms with Crippen LogP contribution in [0.25, 0.3) is 0 Å². The molecule has 7 heteroatoms. The second-order valence-electron chi connectivity index (χ2n) is 8.34. The highest BCUT2D eigenvalue weighted by molar-refractivity contribution is 5.93. The number of para-hydroxylation sites is 1. The number of halogens is 1. The molecule has 172 valence electrons. The molecule has 2 heterocycles. The molecule has 2 aromatic carbocycles. The van der Waals surface area contributed by atoms with E-state index in [4.69, 9.17) is 0 Å².